The quantitative estimate of drug-likeness (QED) is 0.662. The smallest absolute Gasteiger partial charge is 0.292 e. The summed E-state index contributed by atoms with van der Waals surface area (Å²) in [7, 11) is 0. The molecule has 21 heavy (non-hydrogen) atoms. The van der Waals surface area contributed by atoms with Crippen LogP contribution in [0.5, 0.6) is 0 Å². The number of hydrogen-bond donors (Lipinski definition) is 1. The Balaban J connectivity index is 2.24. The van der Waals surface area contributed by atoms with E-state index in [0.29, 0.717) is 11.3 Å². The summed E-state index contributed by atoms with van der Waals surface area (Å²) < 4.78 is 13.4. The van der Waals surface area contributed by atoms with Crippen molar-refractivity contribution in [1.29, 1.82) is 0 Å². The molecule has 0 aromatic heterocycles. The first kappa shape index (κ1) is 15.3. The number of rotatable bonds is 4. The molecule has 1 N–H and O–H groups in total. The maximum Gasteiger partial charge on any atom is 0.292 e. The highest BCUT2D eigenvalue weighted by Crippen LogP contribution is 2.28. The van der Waals surface area contributed by atoms with Gasteiger partial charge >= 0.3 is 0 Å². The highest BCUT2D eigenvalue weighted by atomic mass is 35.5. The van der Waals surface area contributed by atoms with Crippen LogP contribution in [0.25, 0.3) is 0 Å². The summed E-state index contributed by atoms with van der Waals surface area (Å²) in [5.74, 6) is -0.509. The molecular formula is C15H14ClFN2O2. The van der Waals surface area contributed by atoms with Gasteiger partial charge in [-0.3, -0.25) is 10.1 Å². The first-order valence-corrected chi connectivity index (χ1v) is 6.69. The zero-order valence-corrected chi connectivity index (χ0v) is 12.4. The van der Waals surface area contributed by atoms with Crippen LogP contribution in [0.3, 0.4) is 0 Å². The number of anilines is 1. The second-order valence-corrected chi connectivity index (χ2v) is 5.22. The predicted octanol–water partition coefficient (Wildman–Crippen LogP) is 4.62. The Hall–Kier alpha value is -2.14. The lowest BCUT2D eigenvalue weighted by Gasteiger charge is -2.10. The standard InChI is InChI=1S/C15H14ClFN2O2/c1-9-5-14(15(19(20)21)6-10(9)2)18-8-11-3-4-12(16)13(17)7-11/h3-7,18H,8H2,1-2H3. The summed E-state index contributed by atoms with van der Waals surface area (Å²) in [5, 5.41) is 14.1. The maximum atomic E-state index is 13.4. The third-order valence-corrected chi connectivity index (χ3v) is 3.58. The summed E-state index contributed by atoms with van der Waals surface area (Å²) in [5.41, 5.74) is 2.88. The van der Waals surface area contributed by atoms with Crippen molar-refractivity contribution in [2.24, 2.45) is 0 Å². The average molecular weight is 309 g/mol. The fraction of sp³-hybridized carbons (Fsp3) is 0.200. The molecule has 0 saturated carbocycles. The zero-order valence-electron chi connectivity index (χ0n) is 11.6. The van der Waals surface area contributed by atoms with Crippen LogP contribution < -0.4 is 5.32 Å². The van der Waals surface area contributed by atoms with Gasteiger partial charge in [0.1, 0.15) is 11.5 Å². The topological polar surface area (TPSA) is 55.2 Å². The van der Waals surface area contributed by atoms with Crippen molar-refractivity contribution in [2.75, 3.05) is 5.32 Å². The molecular weight excluding hydrogens is 295 g/mol. The summed E-state index contributed by atoms with van der Waals surface area (Å²) in [6, 6.07) is 7.69. The van der Waals surface area contributed by atoms with Crippen LogP contribution in [0.1, 0.15) is 16.7 Å². The van der Waals surface area contributed by atoms with Crippen molar-refractivity contribution in [3.63, 3.8) is 0 Å². The van der Waals surface area contributed by atoms with E-state index in [1.165, 1.54) is 18.2 Å². The van der Waals surface area contributed by atoms with E-state index < -0.39 is 10.7 Å². The van der Waals surface area contributed by atoms with Gasteiger partial charge in [0.15, 0.2) is 0 Å². The van der Waals surface area contributed by atoms with Crippen molar-refractivity contribution in [3.05, 3.63) is 68.0 Å². The van der Waals surface area contributed by atoms with Crippen molar-refractivity contribution < 1.29 is 9.31 Å². The Morgan fingerprint density at radius 1 is 1.24 bits per heavy atom. The largest absolute Gasteiger partial charge is 0.375 e. The van der Waals surface area contributed by atoms with Crippen molar-refractivity contribution >= 4 is 23.0 Å². The number of nitrogens with one attached hydrogen (secondary N) is 1. The first-order chi connectivity index (χ1) is 9.88. The molecule has 2 aromatic rings. The number of halogens is 2. The molecule has 0 aliphatic heterocycles. The van der Waals surface area contributed by atoms with Gasteiger partial charge in [0.2, 0.25) is 0 Å². The van der Waals surface area contributed by atoms with Gasteiger partial charge in [-0.05, 0) is 48.7 Å². The highest BCUT2D eigenvalue weighted by Gasteiger charge is 2.15. The van der Waals surface area contributed by atoms with E-state index in [4.69, 9.17) is 11.6 Å². The van der Waals surface area contributed by atoms with Crippen LogP contribution in [0, 0.1) is 29.8 Å². The number of nitro groups is 1. The molecule has 0 aliphatic rings. The minimum Gasteiger partial charge on any atom is -0.375 e. The molecule has 0 fully saturated rings. The van der Waals surface area contributed by atoms with E-state index in [0.717, 1.165) is 11.1 Å². The van der Waals surface area contributed by atoms with Gasteiger partial charge in [0.25, 0.3) is 5.69 Å². The number of nitro benzene ring substituents is 1. The van der Waals surface area contributed by atoms with Gasteiger partial charge in [-0.25, -0.2) is 4.39 Å². The van der Waals surface area contributed by atoms with E-state index in [2.05, 4.69) is 5.32 Å². The van der Waals surface area contributed by atoms with E-state index in [1.807, 2.05) is 13.8 Å². The monoisotopic (exact) mass is 308 g/mol. The van der Waals surface area contributed by atoms with Crippen molar-refractivity contribution in [1.82, 2.24) is 0 Å². The van der Waals surface area contributed by atoms with E-state index in [9.17, 15) is 14.5 Å². The molecule has 6 heteroatoms. The molecule has 0 unspecified atom stereocenters. The number of hydrogen-bond acceptors (Lipinski definition) is 3. The van der Waals surface area contributed by atoms with Gasteiger partial charge in [0.05, 0.1) is 9.95 Å². The minimum atomic E-state index is -0.509. The Bertz CT molecular complexity index is 704. The molecule has 2 rings (SSSR count). The normalized spacial score (nSPS) is 10.5. The van der Waals surface area contributed by atoms with Gasteiger partial charge in [-0.2, -0.15) is 0 Å². The molecule has 4 nitrogen and oxygen atoms in total. The minimum absolute atomic E-state index is 0.00698. The molecule has 0 heterocycles. The number of benzene rings is 2. The van der Waals surface area contributed by atoms with E-state index in [1.54, 1.807) is 12.1 Å². The number of aryl methyl sites for hydroxylation is 2. The molecule has 0 bridgehead atoms. The molecule has 0 amide bonds. The summed E-state index contributed by atoms with van der Waals surface area (Å²) in [6.45, 7) is 3.98. The fourth-order valence-electron chi connectivity index (χ4n) is 1.94. The van der Waals surface area contributed by atoms with Crippen molar-refractivity contribution in [2.45, 2.75) is 20.4 Å². The van der Waals surface area contributed by atoms with Crippen LogP contribution in [0.2, 0.25) is 5.02 Å². The third kappa shape index (κ3) is 3.49. The van der Waals surface area contributed by atoms with Crippen LogP contribution >= 0.6 is 11.6 Å². The molecule has 0 aliphatic carbocycles. The second kappa shape index (κ2) is 6.10. The van der Waals surface area contributed by atoms with Crippen molar-refractivity contribution in [3.8, 4) is 0 Å². The molecule has 0 spiro atoms. The lowest BCUT2D eigenvalue weighted by atomic mass is 10.1. The predicted molar refractivity (Wildman–Crippen MR) is 81.3 cm³/mol. The molecule has 0 atom stereocenters. The summed E-state index contributed by atoms with van der Waals surface area (Å²) >= 11 is 5.62. The van der Waals surface area contributed by atoms with Crippen LogP contribution in [-0.4, -0.2) is 4.92 Å². The Morgan fingerprint density at radius 3 is 2.52 bits per heavy atom. The Labute approximate surface area is 126 Å². The summed E-state index contributed by atoms with van der Waals surface area (Å²) in [4.78, 5) is 10.7. The first-order valence-electron chi connectivity index (χ1n) is 6.32. The van der Waals surface area contributed by atoms with Crippen LogP contribution in [-0.2, 0) is 6.54 Å². The molecule has 2 aromatic carbocycles. The zero-order chi connectivity index (χ0) is 15.6. The van der Waals surface area contributed by atoms with Gasteiger partial charge in [0, 0.05) is 12.6 Å². The van der Waals surface area contributed by atoms with E-state index in [-0.39, 0.29) is 17.3 Å². The molecule has 110 valence electrons. The molecule has 0 radical (unpaired) electrons. The number of nitrogens with zero attached hydrogens (tertiary/aromatic N) is 1. The van der Waals surface area contributed by atoms with Gasteiger partial charge < -0.3 is 5.32 Å². The Kier molecular flexibility index (Phi) is 4.43. The van der Waals surface area contributed by atoms with Crippen LogP contribution in [0.15, 0.2) is 30.3 Å². The van der Waals surface area contributed by atoms with Crippen LogP contribution in [0.4, 0.5) is 15.8 Å². The fourth-order valence-corrected chi connectivity index (χ4v) is 2.06. The lowest BCUT2D eigenvalue weighted by molar-refractivity contribution is -0.384. The molecule has 0 saturated heterocycles. The second-order valence-electron chi connectivity index (χ2n) is 4.81. The van der Waals surface area contributed by atoms with Gasteiger partial charge in [-0.1, -0.05) is 17.7 Å². The lowest BCUT2D eigenvalue weighted by Crippen LogP contribution is -2.04. The summed E-state index contributed by atoms with van der Waals surface area (Å²) in [6.07, 6.45) is 0. The maximum absolute atomic E-state index is 13.4. The highest BCUT2D eigenvalue weighted by molar-refractivity contribution is 6.30. The third-order valence-electron chi connectivity index (χ3n) is 3.28. The average Bonchev–Trinajstić information content (AvgIpc) is 2.43. The van der Waals surface area contributed by atoms with Gasteiger partial charge in [-0.15, -0.1) is 0 Å². The SMILES string of the molecule is Cc1cc(NCc2ccc(Cl)c(F)c2)c([N+](=O)[O-])cc1C. The Morgan fingerprint density at radius 2 is 1.90 bits per heavy atom. The van der Waals surface area contributed by atoms with E-state index >= 15 is 0 Å².